The Morgan fingerprint density at radius 3 is 2.58 bits per heavy atom. The van der Waals surface area contributed by atoms with Crippen molar-refractivity contribution in [2.75, 3.05) is 0 Å². The first-order valence-electron chi connectivity index (χ1n) is 11.3. The lowest BCUT2D eigenvalue weighted by Crippen LogP contribution is -2.29. The van der Waals surface area contributed by atoms with Crippen molar-refractivity contribution >= 4 is 33.2 Å². The minimum atomic E-state index is -4.39. The quantitative estimate of drug-likeness (QED) is 0.378. The molecular weight excluding hydrogens is 489 g/mol. The summed E-state index contributed by atoms with van der Waals surface area (Å²) >= 11 is 0.661. The number of thiophene rings is 1. The summed E-state index contributed by atoms with van der Waals surface area (Å²) in [6.45, 7) is 2.13. The molecule has 0 unspecified atom stereocenters. The maximum absolute atomic E-state index is 13.0. The van der Waals surface area contributed by atoms with Crippen LogP contribution in [0.3, 0.4) is 0 Å². The van der Waals surface area contributed by atoms with Crippen molar-refractivity contribution in [1.29, 1.82) is 0 Å². The number of carbonyl (C=O) groups excluding carboxylic acids is 2. The molecule has 1 aliphatic rings. The van der Waals surface area contributed by atoms with Crippen LogP contribution in [0.25, 0.3) is 10.1 Å². The number of aryl methyl sites for hydroxylation is 2. The second-order valence-corrected chi connectivity index (χ2v) is 9.80. The first-order valence-corrected chi connectivity index (χ1v) is 12.1. The number of amides is 2. The topological polar surface area (TPSA) is 84.0 Å². The smallest absolute Gasteiger partial charge is 0.347 e. The van der Waals surface area contributed by atoms with Gasteiger partial charge in [-0.3, -0.25) is 9.59 Å². The minimum Gasteiger partial charge on any atom is -0.347 e. The maximum atomic E-state index is 13.0. The monoisotopic (exact) mass is 510 g/mol. The van der Waals surface area contributed by atoms with Gasteiger partial charge in [-0.25, -0.2) is 9.97 Å². The molecule has 184 valence electrons. The fourth-order valence-corrected chi connectivity index (χ4v) is 5.33. The highest BCUT2D eigenvalue weighted by Gasteiger charge is 2.32. The van der Waals surface area contributed by atoms with Crippen LogP contribution in [0.5, 0.6) is 0 Å². The van der Waals surface area contributed by atoms with Crippen molar-refractivity contribution in [1.82, 2.24) is 20.6 Å². The molecule has 2 aromatic carbocycles. The summed E-state index contributed by atoms with van der Waals surface area (Å²) in [6, 6.07) is 13.4. The predicted octanol–water partition coefficient (Wildman–Crippen LogP) is 5.37. The molecule has 36 heavy (non-hydrogen) atoms. The van der Waals surface area contributed by atoms with Crippen molar-refractivity contribution < 1.29 is 22.8 Å². The molecule has 4 aromatic rings. The summed E-state index contributed by atoms with van der Waals surface area (Å²) in [6.07, 6.45) is -1.56. The van der Waals surface area contributed by atoms with Gasteiger partial charge >= 0.3 is 6.18 Å². The van der Waals surface area contributed by atoms with Gasteiger partial charge in [-0.1, -0.05) is 35.9 Å². The van der Waals surface area contributed by atoms with Crippen molar-refractivity contribution in [2.45, 2.75) is 38.5 Å². The van der Waals surface area contributed by atoms with Crippen molar-refractivity contribution in [3.05, 3.63) is 93.4 Å². The Balaban J connectivity index is 1.24. The molecule has 5 rings (SSSR count). The summed E-state index contributed by atoms with van der Waals surface area (Å²) in [7, 11) is 0. The van der Waals surface area contributed by atoms with Gasteiger partial charge in [0, 0.05) is 17.3 Å². The molecule has 1 atom stereocenters. The van der Waals surface area contributed by atoms with Gasteiger partial charge in [0.15, 0.2) is 0 Å². The number of hydrogen-bond donors (Lipinski definition) is 2. The standard InChI is InChI=1S/C26H21F3N4O2S/c1-14-2-6-18-16(8-14)5-7-19(18)33-25(35)21-11-20(31-13-32-21)24(34)30-12-15-3-4-17-10-23(26(27,28)29)36-22(17)9-15/h2-4,6,8-11,13,19H,5,7,12H2,1H3,(H,30,34)(H,33,35)/t19-/m0/s1. The van der Waals surface area contributed by atoms with Crippen LogP contribution < -0.4 is 10.6 Å². The molecule has 10 heteroatoms. The van der Waals surface area contributed by atoms with E-state index < -0.39 is 22.9 Å². The summed E-state index contributed by atoms with van der Waals surface area (Å²) in [4.78, 5) is 32.8. The lowest BCUT2D eigenvalue weighted by molar-refractivity contribution is -0.134. The average molecular weight is 511 g/mol. The van der Waals surface area contributed by atoms with Crippen molar-refractivity contribution in [3.8, 4) is 0 Å². The summed E-state index contributed by atoms with van der Waals surface area (Å²) in [5.74, 6) is -0.913. The second kappa shape index (κ2) is 9.34. The Hall–Kier alpha value is -3.79. The number of benzene rings is 2. The zero-order valence-electron chi connectivity index (χ0n) is 19.1. The number of alkyl halides is 3. The van der Waals surface area contributed by atoms with E-state index in [2.05, 4.69) is 26.7 Å². The highest BCUT2D eigenvalue weighted by Crippen LogP contribution is 2.38. The van der Waals surface area contributed by atoms with Gasteiger partial charge in [0.1, 0.15) is 22.6 Å². The molecular formula is C26H21F3N4O2S. The molecule has 2 N–H and O–H groups in total. The lowest BCUT2D eigenvalue weighted by Gasteiger charge is -2.14. The number of halogens is 3. The molecule has 0 aliphatic heterocycles. The van der Waals surface area contributed by atoms with E-state index in [1.54, 1.807) is 18.2 Å². The van der Waals surface area contributed by atoms with Crippen LogP contribution in [-0.2, 0) is 19.1 Å². The molecule has 6 nitrogen and oxygen atoms in total. The van der Waals surface area contributed by atoms with E-state index in [-0.39, 0.29) is 24.0 Å². The van der Waals surface area contributed by atoms with Gasteiger partial charge in [0.05, 0.1) is 6.04 Å². The number of aromatic nitrogens is 2. The van der Waals surface area contributed by atoms with Crippen LogP contribution in [-0.4, -0.2) is 21.8 Å². The van der Waals surface area contributed by atoms with E-state index in [1.807, 2.05) is 19.1 Å². The van der Waals surface area contributed by atoms with Gasteiger partial charge in [0.25, 0.3) is 11.8 Å². The highest BCUT2D eigenvalue weighted by molar-refractivity contribution is 7.19. The minimum absolute atomic E-state index is 0.0224. The van der Waals surface area contributed by atoms with Crippen molar-refractivity contribution in [2.24, 2.45) is 0 Å². The Kier molecular flexibility index (Phi) is 6.21. The molecule has 0 radical (unpaired) electrons. The Morgan fingerprint density at radius 1 is 1.03 bits per heavy atom. The van der Waals surface area contributed by atoms with Crippen LogP contribution in [0.1, 0.15) is 60.6 Å². The molecule has 0 bridgehead atoms. The van der Waals surface area contributed by atoms with Crippen molar-refractivity contribution in [3.63, 3.8) is 0 Å². The zero-order chi connectivity index (χ0) is 25.4. The second-order valence-electron chi connectivity index (χ2n) is 8.72. The third kappa shape index (κ3) is 4.94. The van der Waals surface area contributed by atoms with Crippen LogP contribution in [0.2, 0.25) is 0 Å². The first-order chi connectivity index (χ1) is 17.2. The SMILES string of the molecule is Cc1ccc2c(c1)CC[C@@H]2NC(=O)c1cc(C(=O)NCc2ccc3cc(C(F)(F)F)sc3c2)ncn1. The molecule has 0 saturated carbocycles. The van der Waals surface area contributed by atoms with E-state index in [0.717, 1.165) is 30.8 Å². The number of hydrogen-bond acceptors (Lipinski definition) is 5. The van der Waals surface area contributed by atoms with E-state index in [9.17, 15) is 22.8 Å². The van der Waals surface area contributed by atoms with Crippen LogP contribution >= 0.6 is 11.3 Å². The fraction of sp³-hybridized carbons (Fsp3) is 0.231. The molecule has 0 saturated heterocycles. The predicted molar refractivity (Wildman–Crippen MR) is 130 cm³/mol. The van der Waals surface area contributed by atoms with E-state index in [0.29, 0.717) is 27.0 Å². The number of nitrogens with zero attached hydrogens (tertiary/aromatic N) is 2. The molecule has 0 fully saturated rings. The number of rotatable bonds is 5. The third-order valence-corrected chi connectivity index (χ3v) is 7.27. The zero-order valence-corrected chi connectivity index (χ0v) is 20.0. The number of carbonyl (C=O) groups is 2. The number of nitrogens with one attached hydrogen (secondary N) is 2. The molecule has 2 aromatic heterocycles. The Labute approximate surface area is 208 Å². The van der Waals surface area contributed by atoms with Gasteiger partial charge in [0.2, 0.25) is 0 Å². The third-order valence-electron chi connectivity index (χ3n) is 6.13. The lowest BCUT2D eigenvalue weighted by atomic mass is 10.1. The van der Waals surface area contributed by atoms with Gasteiger partial charge in [-0.15, -0.1) is 11.3 Å². The molecule has 1 aliphatic carbocycles. The van der Waals surface area contributed by atoms with Crippen LogP contribution in [0.15, 0.2) is 54.9 Å². The average Bonchev–Trinajstić information content (AvgIpc) is 3.46. The van der Waals surface area contributed by atoms with Gasteiger partial charge in [-0.05, 0) is 54.0 Å². The maximum Gasteiger partial charge on any atom is 0.425 e. The van der Waals surface area contributed by atoms with E-state index >= 15 is 0 Å². The van der Waals surface area contributed by atoms with Crippen LogP contribution in [0.4, 0.5) is 13.2 Å². The van der Waals surface area contributed by atoms with Crippen LogP contribution in [0, 0.1) is 6.92 Å². The first kappa shape index (κ1) is 23.9. The highest BCUT2D eigenvalue weighted by atomic mass is 32.1. The summed E-state index contributed by atoms with van der Waals surface area (Å²) < 4.78 is 39.4. The van der Waals surface area contributed by atoms with E-state index in [4.69, 9.17) is 0 Å². The van der Waals surface area contributed by atoms with Gasteiger partial charge in [-0.2, -0.15) is 13.2 Å². The number of fused-ring (bicyclic) bond motifs is 2. The Bertz CT molecular complexity index is 1480. The normalized spacial score (nSPS) is 15.1. The summed E-state index contributed by atoms with van der Waals surface area (Å²) in [5, 5.41) is 6.17. The van der Waals surface area contributed by atoms with Gasteiger partial charge < -0.3 is 10.6 Å². The molecule has 2 amide bonds. The van der Waals surface area contributed by atoms with E-state index in [1.165, 1.54) is 17.2 Å². The Morgan fingerprint density at radius 2 is 1.81 bits per heavy atom. The molecule has 0 spiro atoms. The summed E-state index contributed by atoms with van der Waals surface area (Å²) in [5.41, 5.74) is 4.23. The fourth-order valence-electron chi connectivity index (χ4n) is 4.33. The molecule has 2 heterocycles. The largest absolute Gasteiger partial charge is 0.425 e.